The van der Waals surface area contributed by atoms with Crippen LogP contribution in [0.15, 0.2) is 18.2 Å². The molecule has 114 valence electrons. The fraction of sp³-hybridized carbons (Fsp3) is 0.429. The van der Waals surface area contributed by atoms with E-state index < -0.39 is 40.9 Å². The van der Waals surface area contributed by atoms with E-state index in [1.807, 2.05) is 0 Å². The van der Waals surface area contributed by atoms with Crippen molar-refractivity contribution in [1.29, 1.82) is 0 Å². The van der Waals surface area contributed by atoms with E-state index in [1.54, 1.807) is 0 Å². The Balaban J connectivity index is 2.11. The molecule has 1 aromatic carbocycles. The summed E-state index contributed by atoms with van der Waals surface area (Å²) < 4.78 is 26.3. The molecular formula is C14H15F2NO4. The Kier molecular flexibility index (Phi) is 3.95. The fourth-order valence-electron chi connectivity index (χ4n) is 2.55. The molecule has 1 aliphatic carbocycles. The highest BCUT2D eigenvalue weighted by Gasteiger charge is 2.58. The van der Waals surface area contributed by atoms with Crippen LogP contribution in [0.1, 0.15) is 18.4 Å². The van der Waals surface area contributed by atoms with Crippen LogP contribution in [0.25, 0.3) is 0 Å². The summed E-state index contributed by atoms with van der Waals surface area (Å²) in [5.41, 5.74) is 4.28. The van der Waals surface area contributed by atoms with Gasteiger partial charge in [-0.25, -0.2) is 8.78 Å². The van der Waals surface area contributed by atoms with Gasteiger partial charge in [-0.2, -0.15) is 0 Å². The average molecular weight is 299 g/mol. The van der Waals surface area contributed by atoms with Crippen LogP contribution in [-0.4, -0.2) is 27.7 Å². The van der Waals surface area contributed by atoms with Gasteiger partial charge in [0.15, 0.2) is 0 Å². The molecule has 0 bridgehead atoms. The SMILES string of the molecule is NC(CCc1ccc(F)cc1F)(C(=O)O)C1CC1C(=O)O. The van der Waals surface area contributed by atoms with Crippen molar-refractivity contribution in [2.24, 2.45) is 17.6 Å². The van der Waals surface area contributed by atoms with E-state index in [4.69, 9.17) is 10.8 Å². The van der Waals surface area contributed by atoms with E-state index >= 15 is 0 Å². The molecule has 21 heavy (non-hydrogen) atoms. The second-order valence-electron chi connectivity index (χ2n) is 5.37. The predicted octanol–water partition coefficient (Wildman–Crippen LogP) is 1.40. The van der Waals surface area contributed by atoms with Crippen LogP contribution in [0.3, 0.4) is 0 Å². The second-order valence-corrected chi connectivity index (χ2v) is 5.37. The van der Waals surface area contributed by atoms with Gasteiger partial charge in [0.05, 0.1) is 5.92 Å². The molecule has 0 heterocycles. The Labute approximate surface area is 119 Å². The summed E-state index contributed by atoms with van der Waals surface area (Å²) in [6.45, 7) is 0. The highest BCUT2D eigenvalue weighted by atomic mass is 19.1. The minimum atomic E-state index is -1.72. The molecule has 0 amide bonds. The fourth-order valence-corrected chi connectivity index (χ4v) is 2.55. The van der Waals surface area contributed by atoms with E-state index in [0.29, 0.717) is 6.07 Å². The van der Waals surface area contributed by atoms with Crippen LogP contribution >= 0.6 is 0 Å². The molecule has 0 saturated heterocycles. The summed E-state index contributed by atoms with van der Waals surface area (Å²) in [6, 6.07) is 3.02. The van der Waals surface area contributed by atoms with Gasteiger partial charge in [-0.3, -0.25) is 9.59 Å². The molecule has 0 aliphatic heterocycles. The third-order valence-electron chi connectivity index (χ3n) is 3.99. The summed E-state index contributed by atoms with van der Waals surface area (Å²) in [4.78, 5) is 22.2. The van der Waals surface area contributed by atoms with Crippen LogP contribution in [-0.2, 0) is 16.0 Å². The average Bonchev–Trinajstić information content (AvgIpc) is 3.17. The van der Waals surface area contributed by atoms with E-state index in [0.717, 1.165) is 6.07 Å². The van der Waals surface area contributed by atoms with Crippen LogP contribution in [0.5, 0.6) is 0 Å². The number of hydrogen-bond donors (Lipinski definition) is 3. The van der Waals surface area contributed by atoms with Gasteiger partial charge < -0.3 is 15.9 Å². The van der Waals surface area contributed by atoms with Crippen molar-refractivity contribution in [2.45, 2.75) is 24.8 Å². The lowest BCUT2D eigenvalue weighted by Crippen LogP contribution is -2.51. The Morgan fingerprint density at radius 2 is 2.00 bits per heavy atom. The molecule has 1 aliphatic rings. The zero-order valence-electron chi connectivity index (χ0n) is 11.1. The first-order valence-electron chi connectivity index (χ1n) is 6.44. The molecule has 5 nitrogen and oxygen atoms in total. The van der Waals surface area contributed by atoms with Gasteiger partial charge in [0.25, 0.3) is 0 Å². The molecule has 1 saturated carbocycles. The largest absolute Gasteiger partial charge is 0.481 e. The zero-order valence-corrected chi connectivity index (χ0v) is 11.1. The lowest BCUT2D eigenvalue weighted by Gasteiger charge is -2.25. The van der Waals surface area contributed by atoms with Gasteiger partial charge in [0.1, 0.15) is 17.2 Å². The number of carbonyl (C=O) groups is 2. The van der Waals surface area contributed by atoms with E-state index in [9.17, 15) is 23.5 Å². The number of carboxylic acids is 2. The topological polar surface area (TPSA) is 101 Å². The van der Waals surface area contributed by atoms with Crippen molar-refractivity contribution in [3.05, 3.63) is 35.4 Å². The maximum atomic E-state index is 13.5. The van der Waals surface area contributed by atoms with Crippen molar-refractivity contribution in [2.75, 3.05) is 0 Å². The van der Waals surface area contributed by atoms with Crippen molar-refractivity contribution in [3.63, 3.8) is 0 Å². The predicted molar refractivity (Wildman–Crippen MR) is 68.5 cm³/mol. The minimum absolute atomic E-state index is 0.00223. The maximum absolute atomic E-state index is 13.5. The molecule has 4 N–H and O–H groups in total. The third kappa shape index (κ3) is 3.02. The molecule has 2 rings (SSSR count). The van der Waals surface area contributed by atoms with Crippen molar-refractivity contribution in [3.8, 4) is 0 Å². The first-order valence-corrected chi connectivity index (χ1v) is 6.44. The first kappa shape index (κ1) is 15.4. The number of aliphatic carboxylic acids is 2. The molecule has 3 atom stereocenters. The lowest BCUT2D eigenvalue weighted by atomic mass is 9.86. The van der Waals surface area contributed by atoms with Gasteiger partial charge >= 0.3 is 11.9 Å². The number of halogens is 2. The number of hydrogen-bond acceptors (Lipinski definition) is 3. The van der Waals surface area contributed by atoms with Gasteiger partial charge in [0, 0.05) is 12.0 Å². The monoisotopic (exact) mass is 299 g/mol. The summed E-state index contributed by atoms with van der Waals surface area (Å²) >= 11 is 0. The van der Waals surface area contributed by atoms with Crippen molar-refractivity contribution < 1.29 is 28.6 Å². The number of nitrogens with two attached hydrogens (primary N) is 1. The first-order chi connectivity index (χ1) is 9.75. The van der Waals surface area contributed by atoms with Crippen LogP contribution in [0, 0.1) is 23.5 Å². The number of rotatable bonds is 6. The molecule has 3 unspecified atom stereocenters. The van der Waals surface area contributed by atoms with Gasteiger partial charge in [-0.15, -0.1) is 0 Å². The van der Waals surface area contributed by atoms with Crippen molar-refractivity contribution in [1.82, 2.24) is 0 Å². The number of carboxylic acid groups (broad SMARTS) is 2. The lowest BCUT2D eigenvalue weighted by molar-refractivity contribution is -0.145. The molecular weight excluding hydrogens is 284 g/mol. The zero-order chi connectivity index (χ0) is 15.8. The smallest absolute Gasteiger partial charge is 0.324 e. The summed E-state index contributed by atoms with van der Waals surface area (Å²) in [5.74, 6) is -5.32. The van der Waals surface area contributed by atoms with Crippen LogP contribution < -0.4 is 5.73 Å². The normalized spacial score (nSPS) is 23.4. The molecule has 1 aromatic rings. The Hall–Kier alpha value is -2.02. The Morgan fingerprint density at radius 3 is 2.48 bits per heavy atom. The Morgan fingerprint density at radius 1 is 1.33 bits per heavy atom. The molecule has 7 heteroatoms. The van der Waals surface area contributed by atoms with Crippen molar-refractivity contribution >= 4 is 11.9 Å². The van der Waals surface area contributed by atoms with Crippen LogP contribution in [0.4, 0.5) is 8.78 Å². The standard InChI is InChI=1S/C14H15F2NO4/c15-8-2-1-7(11(16)5-8)3-4-14(17,13(20)21)10-6-9(10)12(18)19/h1-2,5,9-10H,3-4,6,17H2,(H,18,19)(H,20,21). The highest BCUT2D eigenvalue weighted by Crippen LogP contribution is 2.47. The highest BCUT2D eigenvalue weighted by molar-refractivity contribution is 5.83. The third-order valence-corrected chi connectivity index (χ3v) is 3.99. The summed E-state index contributed by atoms with van der Waals surface area (Å²) in [7, 11) is 0. The van der Waals surface area contributed by atoms with E-state index in [-0.39, 0.29) is 24.8 Å². The maximum Gasteiger partial charge on any atom is 0.324 e. The van der Waals surface area contributed by atoms with Gasteiger partial charge in [-0.1, -0.05) is 6.07 Å². The van der Waals surface area contributed by atoms with E-state index in [1.165, 1.54) is 6.07 Å². The summed E-state index contributed by atoms with van der Waals surface area (Å²) in [6.07, 6.45) is 0.0844. The minimum Gasteiger partial charge on any atom is -0.481 e. The molecule has 1 fully saturated rings. The number of benzene rings is 1. The Bertz CT molecular complexity index is 592. The molecule has 0 radical (unpaired) electrons. The summed E-state index contributed by atoms with van der Waals surface area (Å²) in [5, 5.41) is 18.1. The van der Waals surface area contributed by atoms with Gasteiger partial charge in [0.2, 0.25) is 0 Å². The molecule has 0 spiro atoms. The van der Waals surface area contributed by atoms with Gasteiger partial charge in [-0.05, 0) is 30.9 Å². The quantitative estimate of drug-likeness (QED) is 0.737. The van der Waals surface area contributed by atoms with E-state index in [2.05, 4.69) is 0 Å². The number of aryl methyl sites for hydroxylation is 1. The second kappa shape index (κ2) is 5.40. The van der Waals surface area contributed by atoms with Crippen LogP contribution in [0.2, 0.25) is 0 Å². The molecule has 0 aromatic heterocycles.